The van der Waals surface area contributed by atoms with Crippen LogP contribution in [0.5, 0.6) is 0 Å². The molecule has 9 heavy (non-hydrogen) atoms. The van der Waals surface area contributed by atoms with E-state index in [9.17, 15) is 0 Å². The molecule has 0 bridgehead atoms. The Hall–Kier alpha value is 0.250. The number of hydrogen-bond acceptors (Lipinski definition) is 0. The molecule has 2 heteroatoms. The van der Waals surface area contributed by atoms with E-state index in [1.165, 1.54) is 0 Å². The van der Waals surface area contributed by atoms with Gasteiger partial charge < -0.3 is 0 Å². The molecule has 50 valence electrons. The van der Waals surface area contributed by atoms with E-state index in [0.29, 0.717) is 5.92 Å². The molecular formula is C7H8BrCl. The van der Waals surface area contributed by atoms with Crippen LogP contribution >= 0.6 is 27.5 Å². The van der Waals surface area contributed by atoms with Gasteiger partial charge in [0.2, 0.25) is 0 Å². The van der Waals surface area contributed by atoms with E-state index in [1.807, 2.05) is 6.08 Å². The summed E-state index contributed by atoms with van der Waals surface area (Å²) in [5.41, 5.74) is 0. The van der Waals surface area contributed by atoms with Crippen molar-refractivity contribution in [2.24, 2.45) is 5.92 Å². The van der Waals surface area contributed by atoms with E-state index < -0.39 is 0 Å². The minimum atomic E-state index is 0.507. The van der Waals surface area contributed by atoms with Crippen molar-refractivity contribution in [3.63, 3.8) is 0 Å². The molecule has 1 rings (SSSR count). The van der Waals surface area contributed by atoms with Gasteiger partial charge in [-0.3, -0.25) is 0 Å². The molecule has 0 saturated heterocycles. The van der Waals surface area contributed by atoms with Gasteiger partial charge in [0.15, 0.2) is 0 Å². The van der Waals surface area contributed by atoms with E-state index in [0.717, 1.165) is 15.9 Å². The maximum absolute atomic E-state index is 5.85. The van der Waals surface area contributed by atoms with Crippen molar-refractivity contribution in [2.45, 2.75) is 13.3 Å². The molecule has 1 aliphatic carbocycles. The first kappa shape index (κ1) is 7.36. The first-order chi connectivity index (χ1) is 4.20. The summed E-state index contributed by atoms with van der Waals surface area (Å²) in [6.45, 7) is 2.12. The van der Waals surface area contributed by atoms with Crippen LogP contribution in [0.25, 0.3) is 0 Å². The quantitative estimate of drug-likeness (QED) is 0.571. The van der Waals surface area contributed by atoms with Crippen molar-refractivity contribution in [3.05, 3.63) is 21.7 Å². The Bertz CT molecular complexity index is 170. The van der Waals surface area contributed by atoms with Gasteiger partial charge in [0, 0.05) is 9.51 Å². The highest BCUT2D eigenvalue weighted by atomic mass is 79.9. The maximum atomic E-state index is 5.85. The van der Waals surface area contributed by atoms with Crippen LogP contribution in [0.15, 0.2) is 21.7 Å². The maximum Gasteiger partial charge on any atom is 0.0223 e. The summed E-state index contributed by atoms with van der Waals surface area (Å²) < 4.78 is 1.10. The lowest BCUT2D eigenvalue weighted by molar-refractivity contribution is 0.720. The molecule has 0 aromatic carbocycles. The van der Waals surface area contributed by atoms with Gasteiger partial charge in [-0.1, -0.05) is 40.5 Å². The normalized spacial score (nSPS) is 27.2. The zero-order valence-electron chi connectivity index (χ0n) is 5.20. The molecule has 0 fully saturated rings. The van der Waals surface area contributed by atoms with E-state index in [-0.39, 0.29) is 0 Å². The Morgan fingerprint density at radius 3 is 2.89 bits per heavy atom. The van der Waals surface area contributed by atoms with Crippen LogP contribution in [0.1, 0.15) is 13.3 Å². The summed E-state index contributed by atoms with van der Waals surface area (Å²) >= 11 is 9.21. The van der Waals surface area contributed by atoms with Gasteiger partial charge in [-0.05, 0) is 18.4 Å². The molecule has 0 N–H and O–H groups in total. The van der Waals surface area contributed by atoms with Crippen molar-refractivity contribution in [1.82, 2.24) is 0 Å². The van der Waals surface area contributed by atoms with Gasteiger partial charge in [0.25, 0.3) is 0 Å². The lowest BCUT2D eigenvalue weighted by Gasteiger charge is -2.11. The second-order valence-corrected chi connectivity index (χ2v) is 3.61. The highest BCUT2D eigenvalue weighted by Crippen LogP contribution is 2.28. The predicted octanol–water partition coefficient (Wildman–Crippen LogP) is 3.43. The molecule has 1 aliphatic rings. The highest BCUT2D eigenvalue weighted by molar-refractivity contribution is 9.11. The summed E-state index contributed by atoms with van der Waals surface area (Å²) in [6, 6.07) is 0. The Labute approximate surface area is 68.7 Å². The topological polar surface area (TPSA) is 0 Å². The first-order valence-electron chi connectivity index (χ1n) is 2.93. The van der Waals surface area contributed by atoms with E-state index in [2.05, 4.69) is 28.9 Å². The summed E-state index contributed by atoms with van der Waals surface area (Å²) in [5, 5.41) is 0.948. The van der Waals surface area contributed by atoms with Crippen LogP contribution in [-0.4, -0.2) is 0 Å². The third-order valence-electron chi connectivity index (χ3n) is 1.41. The standard InChI is InChI=1S/C7H8BrCl/c1-5-2-3-6(8)4-7(5)9/h3-5H,2H2,1H3/t5-/m0/s1. The smallest absolute Gasteiger partial charge is 0.0223 e. The van der Waals surface area contributed by atoms with Crippen molar-refractivity contribution >= 4 is 27.5 Å². The molecule has 0 amide bonds. The zero-order valence-corrected chi connectivity index (χ0v) is 7.54. The number of hydrogen-bond donors (Lipinski definition) is 0. The van der Waals surface area contributed by atoms with Crippen molar-refractivity contribution in [3.8, 4) is 0 Å². The van der Waals surface area contributed by atoms with E-state index in [1.54, 1.807) is 0 Å². The predicted molar refractivity (Wildman–Crippen MR) is 44.7 cm³/mol. The third-order valence-corrected chi connectivity index (χ3v) is 2.45. The molecule has 0 unspecified atom stereocenters. The van der Waals surface area contributed by atoms with Crippen LogP contribution in [0, 0.1) is 5.92 Å². The van der Waals surface area contributed by atoms with Crippen molar-refractivity contribution < 1.29 is 0 Å². The second kappa shape index (κ2) is 2.89. The van der Waals surface area contributed by atoms with Crippen LogP contribution < -0.4 is 0 Å². The summed E-state index contributed by atoms with van der Waals surface area (Å²) in [7, 11) is 0. The molecule has 0 radical (unpaired) electrons. The molecule has 0 nitrogen and oxygen atoms in total. The van der Waals surface area contributed by atoms with Gasteiger partial charge in [0.05, 0.1) is 0 Å². The fraction of sp³-hybridized carbons (Fsp3) is 0.429. The largest absolute Gasteiger partial charge is 0.0888 e. The molecule has 0 spiro atoms. The van der Waals surface area contributed by atoms with E-state index >= 15 is 0 Å². The van der Waals surface area contributed by atoms with Crippen LogP contribution in [0.4, 0.5) is 0 Å². The fourth-order valence-corrected chi connectivity index (χ4v) is 1.51. The minimum Gasteiger partial charge on any atom is -0.0888 e. The van der Waals surface area contributed by atoms with Gasteiger partial charge in [-0.25, -0.2) is 0 Å². The second-order valence-electron chi connectivity index (χ2n) is 2.25. The lowest BCUT2D eigenvalue weighted by Crippen LogP contribution is -1.96. The Morgan fingerprint density at radius 2 is 2.44 bits per heavy atom. The summed E-state index contributed by atoms with van der Waals surface area (Å²) in [6.07, 6.45) is 5.14. The Balaban J connectivity index is 2.74. The molecule has 0 saturated carbocycles. The molecular weight excluding hydrogens is 199 g/mol. The monoisotopic (exact) mass is 206 g/mol. The molecule has 1 atom stereocenters. The van der Waals surface area contributed by atoms with Gasteiger partial charge >= 0.3 is 0 Å². The number of allylic oxidation sites excluding steroid dienone is 4. The zero-order chi connectivity index (χ0) is 6.85. The van der Waals surface area contributed by atoms with Gasteiger partial charge in [-0.15, -0.1) is 0 Å². The van der Waals surface area contributed by atoms with Crippen molar-refractivity contribution in [2.75, 3.05) is 0 Å². The van der Waals surface area contributed by atoms with E-state index in [4.69, 9.17) is 11.6 Å². The van der Waals surface area contributed by atoms with Crippen LogP contribution in [0.2, 0.25) is 0 Å². The van der Waals surface area contributed by atoms with Gasteiger partial charge in [-0.2, -0.15) is 0 Å². The number of rotatable bonds is 0. The molecule has 0 heterocycles. The SMILES string of the molecule is C[C@H]1CC=C(Br)C=C1Cl. The Morgan fingerprint density at radius 1 is 1.78 bits per heavy atom. The Kier molecular flexibility index (Phi) is 2.36. The third kappa shape index (κ3) is 1.84. The summed E-state index contributed by atoms with van der Waals surface area (Å²) in [4.78, 5) is 0. The minimum absolute atomic E-state index is 0.507. The lowest BCUT2D eigenvalue weighted by atomic mass is 10.0. The number of halogens is 2. The van der Waals surface area contributed by atoms with Crippen molar-refractivity contribution in [1.29, 1.82) is 0 Å². The molecule has 0 aliphatic heterocycles. The summed E-state index contributed by atoms with van der Waals surface area (Å²) in [5.74, 6) is 0.507. The molecule has 0 aromatic heterocycles. The van der Waals surface area contributed by atoms with Gasteiger partial charge in [0.1, 0.15) is 0 Å². The van der Waals surface area contributed by atoms with Crippen LogP contribution in [0.3, 0.4) is 0 Å². The average molecular weight is 207 g/mol. The average Bonchev–Trinajstić information content (AvgIpc) is 1.80. The van der Waals surface area contributed by atoms with Crippen LogP contribution in [-0.2, 0) is 0 Å². The highest BCUT2D eigenvalue weighted by Gasteiger charge is 2.08. The first-order valence-corrected chi connectivity index (χ1v) is 4.10. The molecule has 0 aromatic rings. The fourth-order valence-electron chi connectivity index (χ4n) is 0.735.